The number of nitrogens with one attached hydrogen (secondary N) is 1. The Balaban J connectivity index is 1.28. The van der Waals surface area contributed by atoms with E-state index in [1.807, 2.05) is 6.07 Å². The zero-order valence-electron chi connectivity index (χ0n) is 17.3. The fourth-order valence-electron chi connectivity index (χ4n) is 4.19. The van der Waals surface area contributed by atoms with Crippen molar-refractivity contribution >= 4 is 22.4 Å². The van der Waals surface area contributed by atoms with Crippen LogP contribution in [0, 0.1) is 0 Å². The first-order valence-electron chi connectivity index (χ1n) is 10.5. The van der Waals surface area contributed by atoms with E-state index in [4.69, 9.17) is 9.47 Å². The molecule has 3 heterocycles. The minimum atomic E-state index is -0.142. The van der Waals surface area contributed by atoms with Gasteiger partial charge in [-0.05, 0) is 42.6 Å². The van der Waals surface area contributed by atoms with Crippen LogP contribution < -0.4 is 14.8 Å². The van der Waals surface area contributed by atoms with Gasteiger partial charge in [-0.1, -0.05) is 41.7 Å². The van der Waals surface area contributed by atoms with Crippen molar-refractivity contribution in [3.8, 4) is 22.1 Å². The second kappa shape index (κ2) is 8.64. The zero-order valence-corrected chi connectivity index (χ0v) is 18.2. The predicted molar refractivity (Wildman–Crippen MR) is 119 cm³/mol. The van der Waals surface area contributed by atoms with Crippen molar-refractivity contribution in [2.45, 2.75) is 32.4 Å². The van der Waals surface area contributed by atoms with Crippen LogP contribution >= 0.6 is 11.3 Å². The molecule has 0 aliphatic carbocycles. The van der Waals surface area contributed by atoms with Crippen molar-refractivity contribution in [3.05, 3.63) is 53.6 Å². The molecule has 1 amide bonds. The Hall–Kier alpha value is -2.97. The van der Waals surface area contributed by atoms with Crippen LogP contribution in [0.2, 0.25) is 0 Å². The van der Waals surface area contributed by atoms with E-state index in [-0.39, 0.29) is 5.91 Å². The number of nitrogens with zero attached hydrogens (tertiary/aromatic N) is 3. The molecule has 160 valence electrons. The van der Waals surface area contributed by atoms with Gasteiger partial charge in [0.15, 0.2) is 11.5 Å². The molecular formula is C23H24N4O3S. The predicted octanol–water partition coefficient (Wildman–Crippen LogP) is 4.27. The van der Waals surface area contributed by atoms with E-state index in [9.17, 15) is 4.79 Å². The second-order valence-electron chi connectivity index (χ2n) is 7.82. The fraction of sp³-hybridized carbons (Fsp3) is 0.348. The summed E-state index contributed by atoms with van der Waals surface area (Å²) in [5.74, 6) is 1.56. The Bertz CT molecular complexity index is 1080. The summed E-state index contributed by atoms with van der Waals surface area (Å²) in [4.78, 5) is 13.7. The van der Waals surface area contributed by atoms with Crippen LogP contribution in [-0.4, -0.2) is 40.8 Å². The van der Waals surface area contributed by atoms with E-state index >= 15 is 0 Å². The van der Waals surface area contributed by atoms with Gasteiger partial charge in [-0.2, -0.15) is 0 Å². The smallest absolute Gasteiger partial charge is 0.223 e. The van der Waals surface area contributed by atoms with E-state index in [1.165, 1.54) is 35.8 Å². The van der Waals surface area contributed by atoms with Gasteiger partial charge >= 0.3 is 0 Å². The molecule has 1 unspecified atom stereocenters. The first-order chi connectivity index (χ1) is 15.2. The van der Waals surface area contributed by atoms with Crippen LogP contribution in [0.15, 0.2) is 42.5 Å². The van der Waals surface area contributed by atoms with Gasteiger partial charge in [-0.25, -0.2) is 0 Å². The lowest BCUT2D eigenvalue weighted by atomic mass is 10.0. The summed E-state index contributed by atoms with van der Waals surface area (Å²) in [6.07, 6.45) is 2.34. The summed E-state index contributed by atoms with van der Waals surface area (Å²) in [6.45, 7) is 4.66. The largest absolute Gasteiger partial charge is 0.486 e. The molecule has 31 heavy (non-hydrogen) atoms. The Morgan fingerprint density at radius 2 is 1.94 bits per heavy atom. The number of fused-ring (bicyclic) bond motifs is 1. The molecule has 3 aromatic rings. The number of carbonyl (C=O) groups excluding carboxylic acids is 1. The van der Waals surface area contributed by atoms with Crippen LogP contribution in [0.25, 0.3) is 10.6 Å². The van der Waals surface area contributed by atoms with Gasteiger partial charge in [-0.3, -0.25) is 9.69 Å². The van der Waals surface area contributed by atoms with Crippen molar-refractivity contribution < 1.29 is 14.3 Å². The summed E-state index contributed by atoms with van der Waals surface area (Å²) >= 11 is 1.38. The third-order valence-electron chi connectivity index (χ3n) is 5.61. The molecule has 5 rings (SSSR count). The number of ether oxygens (including phenoxy) is 2. The minimum Gasteiger partial charge on any atom is -0.486 e. The number of benzene rings is 2. The number of anilines is 1. The number of rotatable bonds is 5. The molecule has 1 fully saturated rings. The summed E-state index contributed by atoms with van der Waals surface area (Å²) < 4.78 is 11.4. The summed E-state index contributed by atoms with van der Waals surface area (Å²) in [5, 5.41) is 12.2. The average molecular weight is 437 g/mol. The molecule has 2 aromatic carbocycles. The Labute approximate surface area is 185 Å². The normalized spacial score (nSPS) is 18.2. The van der Waals surface area contributed by atoms with Gasteiger partial charge < -0.3 is 14.8 Å². The van der Waals surface area contributed by atoms with Crippen molar-refractivity contribution in [2.75, 3.05) is 25.1 Å². The molecule has 2 aliphatic heterocycles. The Morgan fingerprint density at radius 1 is 1.13 bits per heavy atom. The lowest BCUT2D eigenvalue weighted by Crippen LogP contribution is -2.23. The lowest BCUT2D eigenvalue weighted by Gasteiger charge is -2.26. The highest BCUT2D eigenvalue weighted by molar-refractivity contribution is 7.18. The number of aromatic nitrogens is 2. The second-order valence-corrected chi connectivity index (χ2v) is 8.80. The highest BCUT2D eigenvalue weighted by Crippen LogP contribution is 2.38. The van der Waals surface area contributed by atoms with Gasteiger partial charge in [0.05, 0.1) is 0 Å². The standard InChI is InChI=1S/C23H24N4O3S/c1-15(28)24-23-26-25-22(31-23)17-6-4-16(5-7-17)14-27-10-2-3-19(27)18-8-9-20-21(13-18)30-12-11-29-20/h4-9,13,19H,2-3,10-12,14H2,1H3,(H,24,26,28). The topological polar surface area (TPSA) is 76.6 Å². The monoisotopic (exact) mass is 436 g/mol. The number of hydrogen-bond donors (Lipinski definition) is 1. The van der Waals surface area contributed by atoms with E-state index in [1.54, 1.807) is 0 Å². The third-order valence-corrected chi connectivity index (χ3v) is 6.50. The van der Waals surface area contributed by atoms with Gasteiger partial charge in [-0.15, -0.1) is 10.2 Å². The minimum absolute atomic E-state index is 0.142. The lowest BCUT2D eigenvalue weighted by molar-refractivity contribution is -0.114. The molecule has 0 radical (unpaired) electrons. The first kappa shape index (κ1) is 20.0. The van der Waals surface area contributed by atoms with E-state index in [0.29, 0.717) is 24.4 Å². The third kappa shape index (κ3) is 4.40. The van der Waals surface area contributed by atoms with Gasteiger partial charge in [0.1, 0.15) is 18.2 Å². The maximum Gasteiger partial charge on any atom is 0.223 e. The van der Waals surface area contributed by atoms with Gasteiger partial charge in [0, 0.05) is 25.1 Å². The van der Waals surface area contributed by atoms with Gasteiger partial charge in [0.2, 0.25) is 11.0 Å². The van der Waals surface area contributed by atoms with E-state index in [2.05, 4.69) is 56.8 Å². The molecule has 7 nitrogen and oxygen atoms in total. The van der Waals surface area contributed by atoms with Crippen molar-refractivity contribution in [1.29, 1.82) is 0 Å². The number of amides is 1. The van der Waals surface area contributed by atoms with E-state index in [0.717, 1.165) is 41.6 Å². The van der Waals surface area contributed by atoms with Crippen LogP contribution in [0.5, 0.6) is 11.5 Å². The maximum atomic E-state index is 11.2. The molecule has 0 bridgehead atoms. The molecule has 1 aromatic heterocycles. The Morgan fingerprint density at radius 3 is 2.74 bits per heavy atom. The molecule has 0 saturated carbocycles. The molecular weight excluding hydrogens is 412 g/mol. The fourth-order valence-corrected chi connectivity index (χ4v) is 4.98. The number of hydrogen-bond acceptors (Lipinski definition) is 7. The zero-order chi connectivity index (χ0) is 21.2. The SMILES string of the molecule is CC(=O)Nc1nnc(-c2ccc(CN3CCCC3c3ccc4c(c3)OCCO4)cc2)s1. The van der Waals surface area contributed by atoms with Crippen LogP contribution in [0.4, 0.5) is 5.13 Å². The van der Waals surface area contributed by atoms with Crippen molar-refractivity contribution in [2.24, 2.45) is 0 Å². The maximum absolute atomic E-state index is 11.2. The molecule has 1 saturated heterocycles. The number of carbonyl (C=O) groups is 1. The molecule has 8 heteroatoms. The summed E-state index contributed by atoms with van der Waals surface area (Å²) in [7, 11) is 0. The first-order valence-corrected chi connectivity index (χ1v) is 11.3. The van der Waals surface area contributed by atoms with Crippen LogP contribution in [0.1, 0.15) is 36.9 Å². The quantitative estimate of drug-likeness (QED) is 0.644. The van der Waals surface area contributed by atoms with Crippen LogP contribution in [0.3, 0.4) is 0 Å². The highest BCUT2D eigenvalue weighted by atomic mass is 32.1. The van der Waals surface area contributed by atoms with Crippen molar-refractivity contribution in [3.63, 3.8) is 0 Å². The molecule has 2 aliphatic rings. The van der Waals surface area contributed by atoms with Crippen LogP contribution in [-0.2, 0) is 11.3 Å². The molecule has 1 atom stereocenters. The van der Waals surface area contributed by atoms with Gasteiger partial charge in [0.25, 0.3) is 0 Å². The summed E-state index contributed by atoms with van der Waals surface area (Å²) in [5.41, 5.74) is 3.56. The molecule has 0 spiro atoms. The highest BCUT2D eigenvalue weighted by Gasteiger charge is 2.27. The summed E-state index contributed by atoms with van der Waals surface area (Å²) in [6, 6.07) is 15.2. The van der Waals surface area contributed by atoms with E-state index < -0.39 is 0 Å². The molecule has 1 N–H and O–H groups in total. The van der Waals surface area contributed by atoms with Crippen molar-refractivity contribution in [1.82, 2.24) is 15.1 Å². The number of likely N-dealkylation sites (tertiary alicyclic amines) is 1. The average Bonchev–Trinajstić information content (AvgIpc) is 3.43. The Kier molecular flexibility index (Phi) is 5.57.